The number of benzene rings is 1. The fourth-order valence-electron chi connectivity index (χ4n) is 1.36. The van der Waals surface area contributed by atoms with E-state index in [-0.39, 0.29) is 0 Å². The molecule has 0 unspecified atom stereocenters. The number of ether oxygens (including phenoxy) is 1. The fourth-order valence-corrected chi connectivity index (χ4v) is 1.46. The molecule has 1 heterocycles. The Morgan fingerprint density at radius 1 is 1.35 bits per heavy atom. The van der Waals surface area contributed by atoms with Gasteiger partial charge in [-0.15, -0.1) is 0 Å². The van der Waals surface area contributed by atoms with Gasteiger partial charge in [0.05, 0.1) is 23.7 Å². The zero-order chi connectivity index (χ0) is 11.9. The number of rotatable bonds is 5. The number of aromatic nitrogens is 2. The van der Waals surface area contributed by atoms with E-state index < -0.39 is 0 Å². The first kappa shape index (κ1) is 11.5. The molecule has 1 aromatic heterocycles. The summed E-state index contributed by atoms with van der Waals surface area (Å²) in [7, 11) is 0. The van der Waals surface area contributed by atoms with Crippen molar-refractivity contribution in [3.8, 4) is 5.75 Å². The van der Waals surface area contributed by atoms with Gasteiger partial charge >= 0.3 is 0 Å². The molecule has 0 saturated carbocycles. The van der Waals surface area contributed by atoms with Crippen LogP contribution in [0.15, 0.2) is 48.0 Å². The van der Waals surface area contributed by atoms with Gasteiger partial charge in [0.1, 0.15) is 12.4 Å². The van der Waals surface area contributed by atoms with Crippen LogP contribution in [0, 0.1) is 0 Å². The third kappa shape index (κ3) is 3.52. The Hall–Kier alpha value is -1.97. The Kier molecular flexibility index (Phi) is 4.02. The maximum atomic E-state index is 5.58. The average molecular weight is 245 g/mol. The third-order valence-electron chi connectivity index (χ3n) is 2.19. The van der Waals surface area contributed by atoms with Crippen LogP contribution in [-0.4, -0.2) is 21.3 Å². The third-order valence-corrected chi connectivity index (χ3v) is 2.28. The molecule has 0 amide bonds. The summed E-state index contributed by atoms with van der Waals surface area (Å²) in [6.07, 6.45) is 5.42. The van der Waals surface area contributed by atoms with E-state index in [2.05, 4.69) is 27.4 Å². The molecule has 0 radical (unpaired) electrons. The summed E-state index contributed by atoms with van der Waals surface area (Å²) in [6, 6.07) is 7.40. The van der Waals surface area contributed by atoms with Crippen molar-refractivity contribution in [2.75, 3.05) is 6.61 Å². The minimum Gasteiger partial charge on any atom is -0.492 e. The van der Waals surface area contributed by atoms with Gasteiger partial charge in [0.2, 0.25) is 0 Å². The molecule has 0 aliphatic carbocycles. The molecule has 86 valence electrons. The summed E-state index contributed by atoms with van der Waals surface area (Å²) in [5.74, 6) is 0.813. The second kappa shape index (κ2) is 5.94. The van der Waals surface area contributed by atoms with Crippen LogP contribution in [-0.2, 0) is 6.54 Å². The average Bonchev–Trinajstić information content (AvgIpc) is 2.85. The van der Waals surface area contributed by atoms with Gasteiger partial charge in [0.15, 0.2) is 0 Å². The van der Waals surface area contributed by atoms with Gasteiger partial charge in [-0.2, -0.15) is 4.99 Å². The summed E-state index contributed by atoms with van der Waals surface area (Å²) in [4.78, 5) is 7.82. The van der Waals surface area contributed by atoms with E-state index >= 15 is 0 Å². The van der Waals surface area contributed by atoms with Crippen LogP contribution in [0.1, 0.15) is 0 Å². The van der Waals surface area contributed by atoms with Crippen LogP contribution in [0.25, 0.3) is 0 Å². The molecular weight excluding hydrogens is 234 g/mol. The Balaban J connectivity index is 1.84. The molecule has 2 aromatic rings. The van der Waals surface area contributed by atoms with Gasteiger partial charge in [0.25, 0.3) is 0 Å². The van der Waals surface area contributed by atoms with E-state index in [0.717, 1.165) is 18.0 Å². The molecule has 1 aromatic carbocycles. The van der Waals surface area contributed by atoms with E-state index in [1.807, 2.05) is 35.0 Å². The van der Waals surface area contributed by atoms with Gasteiger partial charge in [-0.25, -0.2) is 4.98 Å². The zero-order valence-electron chi connectivity index (χ0n) is 9.11. The molecule has 2 rings (SSSR count). The second-order valence-corrected chi connectivity index (χ2v) is 3.53. The number of hydrogen-bond acceptors (Lipinski definition) is 4. The van der Waals surface area contributed by atoms with Gasteiger partial charge in [-0.1, -0.05) is 0 Å². The lowest BCUT2D eigenvalue weighted by molar-refractivity contribution is 0.298. The van der Waals surface area contributed by atoms with Crippen molar-refractivity contribution in [1.82, 2.24) is 9.55 Å². The highest BCUT2D eigenvalue weighted by Crippen LogP contribution is 2.17. The number of imidazole rings is 1. The SMILES string of the molecule is S=C=Nc1ccc(OCCn2ccnc2)cc1. The molecule has 0 fully saturated rings. The standard InChI is InChI=1S/C12H11N3OS/c17-10-14-11-1-3-12(4-2-11)16-8-7-15-6-5-13-9-15/h1-6,9H,7-8H2. The molecule has 0 bridgehead atoms. The largest absolute Gasteiger partial charge is 0.492 e. The van der Waals surface area contributed by atoms with Crippen molar-refractivity contribution in [3.63, 3.8) is 0 Å². The summed E-state index contributed by atoms with van der Waals surface area (Å²) < 4.78 is 7.54. The highest BCUT2D eigenvalue weighted by atomic mass is 32.1. The first-order valence-corrected chi connectivity index (χ1v) is 5.56. The van der Waals surface area contributed by atoms with E-state index in [4.69, 9.17) is 4.74 Å². The Morgan fingerprint density at radius 2 is 2.18 bits per heavy atom. The zero-order valence-corrected chi connectivity index (χ0v) is 9.93. The van der Waals surface area contributed by atoms with Crippen LogP contribution in [0.4, 0.5) is 5.69 Å². The number of aliphatic imine (C=N–C) groups is 1. The van der Waals surface area contributed by atoms with Crippen molar-refractivity contribution >= 4 is 23.1 Å². The smallest absolute Gasteiger partial charge is 0.119 e. The van der Waals surface area contributed by atoms with E-state index in [9.17, 15) is 0 Å². The van der Waals surface area contributed by atoms with Gasteiger partial charge in [0, 0.05) is 12.4 Å². The van der Waals surface area contributed by atoms with Crippen LogP contribution >= 0.6 is 12.2 Å². The molecule has 4 nitrogen and oxygen atoms in total. The number of nitrogens with zero attached hydrogens (tertiary/aromatic N) is 3. The van der Waals surface area contributed by atoms with Crippen LogP contribution < -0.4 is 4.74 Å². The molecular formula is C12H11N3OS. The molecule has 0 atom stereocenters. The number of isothiocyanates is 1. The van der Waals surface area contributed by atoms with Crippen molar-refractivity contribution < 1.29 is 4.74 Å². The highest BCUT2D eigenvalue weighted by Gasteiger charge is 1.95. The minimum atomic E-state index is 0.603. The Bertz CT molecular complexity index is 501. The normalized spacial score (nSPS) is 9.65. The van der Waals surface area contributed by atoms with Crippen molar-refractivity contribution in [2.45, 2.75) is 6.54 Å². The van der Waals surface area contributed by atoms with Gasteiger partial charge in [-0.3, -0.25) is 0 Å². The van der Waals surface area contributed by atoms with Gasteiger partial charge in [-0.05, 0) is 36.5 Å². The quantitative estimate of drug-likeness (QED) is 0.600. The highest BCUT2D eigenvalue weighted by molar-refractivity contribution is 7.78. The first-order chi connectivity index (χ1) is 8.38. The number of thiocarbonyl (C=S) groups is 1. The lowest BCUT2D eigenvalue weighted by Gasteiger charge is -2.06. The monoisotopic (exact) mass is 245 g/mol. The topological polar surface area (TPSA) is 39.4 Å². The van der Waals surface area contributed by atoms with Gasteiger partial charge < -0.3 is 9.30 Å². The molecule has 0 aliphatic heterocycles. The Labute approximate surface area is 105 Å². The lowest BCUT2D eigenvalue weighted by atomic mass is 10.3. The molecule has 0 aliphatic rings. The lowest BCUT2D eigenvalue weighted by Crippen LogP contribution is -2.06. The molecule has 5 heteroatoms. The minimum absolute atomic E-state index is 0.603. The molecule has 17 heavy (non-hydrogen) atoms. The first-order valence-electron chi connectivity index (χ1n) is 5.15. The predicted molar refractivity (Wildman–Crippen MR) is 68.9 cm³/mol. The molecule has 0 N–H and O–H groups in total. The summed E-state index contributed by atoms with van der Waals surface area (Å²) >= 11 is 4.53. The van der Waals surface area contributed by atoms with E-state index in [1.165, 1.54) is 0 Å². The predicted octanol–water partition coefficient (Wildman–Crippen LogP) is 2.70. The van der Waals surface area contributed by atoms with E-state index in [1.54, 1.807) is 12.5 Å². The number of hydrogen-bond donors (Lipinski definition) is 0. The van der Waals surface area contributed by atoms with Crippen LogP contribution in [0.2, 0.25) is 0 Å². The van der Waals surface area contributed by atoms with Crippen molar-refractivity contribution in [3.05, 3.63) is 43.0 Å². The van der Waals surface area contributed by atoms with E-state index in [0.29, 0.717) is 6.61 Å². The Morgan fingerprint density at radius 3 is 2.82 bits per heavy atom. The molecule has 0 spiro atoms. The maximum Gasteiger partial charge on any atom is 0.119 e. The maximum absolute atomic E-state index is 5.58. The second-order valence-electron chi connectivity index (χ2n) is 3.35. The molecule has 0 saturated heterocycles. The van der Waals surface area contributed by atoms with Crippen LogP contribution in [0.3, 0.4) is 0 Å². The van der Waals surface area contributed by atoms with Crippen LogP contribution in [0.5, 0.6) is 5.75 Å². The fraction of sp³-hybridized carbons (Fsp3) is 0.167. The van der Waals surface area contributed by atoms with Crippen molar-refractivity contribution in [2.24, 2.45) is 4.99 Å². The van der Waals surface area contributed by atoms with Crippen molar-refractivity contribution in [1.29, 1.82) is 0 Å². The summed E-state index contributed by atoms with van der Waals surface area (Å²) in [5.41, 5.74) is 0.780. The summed E-state index contributed by atoms with van der Waals surface area (Å²) in [5, 5.41) is 2.32. The summed E-state index contributed by atoms with van der Waals surface area (Å²) in [6.45, 7) is 1.38.